The lowest BCUT2D eigenvalue weighted by molar-refractivity contribution is 0.0992. The molecule has 0 aliphatic heterocycles. The first-order valence-corrected chi connectivity index (χ1v) is 7.87. The van der Waals surface area contributed by atoms with Gasteiger partial charge in [-0.1, -0.05) is 13.0 Å². The molecule has 0 aliphatic carbocycles. The summed E-state index contributed by atoms with van der Waals surface area (Å²) in [6, 6.07) is 10.7. The zero-order valence-corrected chi connectivity index (χ0v) is 14.1. The molecule has 0 radical (unpaired) electrons. The van der Waals surface area contributed by atoms with Gasteiger partial charge < -0.3 is 19.4 Å². The van der Waals surface area contributed by atoms with Gasteiger partial charge in [0, 0.05) is 0 Å². The zero-order chi connectivity index (χ0) is 17.7. The standard InChI is InChI=1S/C11H14O4.C8H8O/c1-7(12)6-15-10-5-3-4-9(14)11(10)8(2)13;1-2-6-5-7-3-4-8(6)9-7/h3-5,7,12,14H,6H2,1-2H3;3-5H,2H2,1H3. The monoisotopic (exact) mass is 330 g/mol. The SMILES string of the molecule is CC(=O)c1c(O)cccc1OCC(C)O.CCc1cc2ccc1o2. The topological polar surface area (TPSA) is 79.9 Å². The second-order valence-corrected chi connectivity index (χ2v) is 5.59. The van der Waals surface area contributed by atoms with E-state index in [1.807, 2.05) is 12.1 Å². The maximum atomic E-state index is 11.2. The van der Waals surface area contributed by atoms with Crippen LogP contribution in [0, 0.1) is 0 Å². The van der Waals surface area contributed by atoms with Crippen molar-refractivity contribution in [3.05, 3.63) is 47.5 Å². The smallest absolute Gasteiger partial charge is 0.167 e. The molecule has 0 saturated carbocycles. The van der Waals surface area contributed by atoms with Crippen molar-refractivity contribution in [3.8, 4) is 11.5 Å². The molecular weight excluding hydrogens is 308 g/mol. The van der Waals surface area contributed by atoms with Crippen molar-refractivity contribution in [3.63, 3.8) is 0 Å². The lowest BCUT2D eigenvalue weighted by Crippen LogP contribution is -2.14. The van der Waals surface area contributed by atoms with Crippen LogP contribution in [0.25, 0.3) is 11.2 Å². The Bertz CT molecular complexity index is 788. The van der Waals surface area contributed by atoms with E-state index < -0.39 is 6.10 Å². The van der Waals surface area contributed by atoms with Gasteiger partial charge in [0.2, 0.25) is 0 Å². The lowest BCUT2D eigenvalue weighted by atomic mass is 10.1. The number of carbonyl (C=O) groups is 1. The number of aliphatic hydroxyl groups is 1. The van der Waals surface area contributed by atoms with Gasteiger partial charge in [0.25, 0.3) is 0 Å². The Hall–Kier alpha value is -2.53. The van der Waals surface area contributed by atoms with Crippen molar-refractivity contribution in [1.82, 2.24) is 0 Å². The highest BCUT2D eigenvalue weighted by Gasteiger charge is 2.13. The number of hydrogen-bond acceptors (Lipinski definition) is 5. The van der Waals surface area contributed by atoms with Gasteiger partial charge in [0.15, 0.2) is 5.78 Å². The van der Waals surface area contributed by atoms with Crippen LogP contribution in [0.3, 0.4) is 0 Å². The number of aromatic hydroxyl groups is 1. The largest absolute Gasteiger partial charge is 0.507 e. The summed E-state index contributed by atoms with van der Waals surface area (Å²) in [4.78, 5) is 11.2. The molecule has 1 unspecified atom stereocenters. The number of furan rings is 2. The Morgan fingerprint density at radius 1 is 1.29 bits per heavy atom. The molecular formula is C19H22O5. The molecule has 24 heavy (non-hydrogen) atoms. The normalized spacial score (nSPS) is 11.8. The molecule has 2 heterocycles. The molecule has 3 aromatic rings. The summed E-state index contributed by atoms with van der Waals surface area (Å²) >= 11 is 0. The number of phenolic OH excluding ortho intramolecular Hbond substituents is 1. The maximum Gasteiger partial charge on any atom is 0.167 e. The lowest BCUT2D eigenvalue weighted by Gasteiger charge is -2.11. The molecule has 5 nitrogen and oxygen atoms in total. The number of ketones is 1. The Morgan fingerprint density at radius 3 is 2.50 bits per heavy atom. The fraction of sp³-hybridized carbons (Fsp3) is 0.316. The molecule has 0 aliphatic rings. The Kier molecular flexibility index (Phi) is 5.82. The molecule has 0 spiro atoms. The van der Waals surface area contributed by atoms with Gasteiger partial charge in [0.05, 0.1) is 6.10 Å². The first-order valence-electron chi connectivity index (χ1n) is 7.87. The van der Waals surface area contributed by atoms with Crippen LogP contribution in [0.4, 0.5) is 0 Å². The number of carbonyl (C=O) groups excluding carboxylic acids is 1. The Balaban J connectivity index is 0.000000194. The van der Waals surface area contributed by atoms with Crippen LogP contribution in [0.2, 0.25) is 0 Å². The number of benzene rings is 2. The number of hydrogen-bond donors (Lipinski definition) is 2. The molecule has 0 saturated heterocycles. The van der Waals surface area contributed by atoms with Gasteiger partial charge >= 0.3 is 0 Å². The van der Waals surface area contributed by atoms with Crippen molar-refractivity contribution in [2.75, 3.05) is 6.61 Å². The van der Waals surface area contributed by atoms with Crippen molar-refractivity contribution < 1.29 is 24.2 Å². The van der Waals surface area contributed by atoms with Crippen LogP contribution in [-0.4, -0.2) is 28.7 Å². The predicted octanol–water partition coefficient (Wildman–Crippen LogP) is 3.79. The maximum absolute atomic E-state index is 11.2. The third-order valence-electron chi connectivity index (χ3n) is 3.48. The second-order valence-electron chi connectivity index (χ2n) is 5.59. The Labute approximate surface area is 140 Å². The van der Waals surface area contributed by atoms with Gasteiger partial charge in [0.1, 0.15) is 34.8 Å². The van der Waals surface area contributed by atoms with Gasteiger partial charge in [-0.3, -0.25) is 4.79 Å². The number of ether oxygens (including phenoxy) is 1. The molecule has 2 bridgehead atoms. The fourth-order valence-electron chi connectivity index (χ4n) is 2.33. The molecule has 1 atom stereocenters. The second kappa shape index (κ2) is 7.84. The summed E-state index contributed by atoms with van der Waals surface area (Å²) in [7, 11) is 0. The van der Waals surface area contributed by atoms with E-state index >= 15 is 0 Å². The predicted molar refractivity (Wildman–Crippen MR) is 92.1 cm³/mol. The molecule has 2 aromatic heterocycles. The Morgan fingerprint density at radius 2 is 2.04 bits per heavy atom. The zero-order valence-electron chi connectivity index (χ0n) is 14.1. The van der Waals surface area contributed by atoms with Crippen LogP contribution in [-0.2, 0) is 6.42 Å². The highest BCUT2D eigenvalue weighted by Crippen LogP contribution is 2.27. The summed E-state index contributed by atoms with van der Waals surface area (Å²) < 4.78 is 10.5. The number of rotatable bonds is 5. The molecule has 3 rings (SSSR count). The number of fused-ring (bicyclic) bond motifs is 2. The van der Waals surface area contributed by atoms with Crippen LogP contribution in [0.5, 0.6) is 11.5 Å². The van der Waals surface area contributed by atoms with E-state index in [0.717, 1.165) is 17.6 Å². The minimum atomic E-state index is -0.618. The third kappa shape index (κ3) is 4.26. The summed E-state index contributed by atoms with van der Waals surface area (Å²) in [6.45, 7) is 5.15. The average molecular weight is 330 g/mol. The van der Waals surface area contributed by atoms with E-state index in [2.05, 4.69) is 13.0 Å². The third-order valence-corrected chi connectivity index (χ3v) is 3.48. The molecule has 1 aromatic carbocycles. The van der Waals surface area contributed by atoms with Crippen LogP contribution < -0.4 is 4.74 Å². The minimum absolute atomic E-state index is 0.0870. The summed E-state index contributed by atoms with van der Waals surface area (Å²) in [5, 5.41) is 18.5. The molecule has 5 heteroatoms. The van der Waals surface area contributed by atoms with E-state index in [0.29, 0.717) is 5.75 Å². The van der Waals surface area contributed by atoms with Crippen LogP contribution in [0.15, 0.2) is 40.8 Å². The number of aliphatic hydroxyl groups excluding tert-OH is 1. The summed E-state index contributed by atoms with van der Waals surface area (Å²) in [5.41, 5.74) is 3.53. The molecule has 128 valence electrons. The van der Waals surface area contributed by atoms with Crippen molar-refractivity contribution in [2.45, 2.75) is 33.3 Å². The number of aryl methyl sites for hydroxylation is 1. The first kappa shape index (κ1) is 17.8. The van der Waals surface area contributed by atoms with E-state index in [-0.39, 0.29) is 23.7 Å². The molecule has 2 N–H and O–H groups in total. The van der Waals surface area contributed by atoms with Gasteiger partial charge in [-0.25, -0.2) is 0 Å². The highest BCUT2D eigenvalue weighted by atomic mass is 16.5. The van der Waals surface area contributed by atoms with Crippen molar-refractivity contribution in [2.24, 2.45) is 0 Å². The number of phenols is 1. The van der Waals surface area contributed by atoms with Crippen LogP contribution >= 0.6 is 0 Å². The highest BCUT2D eigenvalue weighted by molar-refractivity contribution is 5.99. The first-order chi connectivity index (χ1) is 11.4. The van der Waals surface area contributed by atoms with Gasteiger partial charge in [-0.05, 0) is 56.2 Å². The quantitative estimate of drug-likeness (QED) is 0.696. The summed E-state index contributed by atoms with van der Waals surface area (Å²) in [5.74, 6) is -0.0808. The van der Waals surface area contributed by atoms with Crippen LogP contribution in [0.1, 0.15) is 36.7 Å². The van der Waals surface area contributed by atoms with Crippen molar-refractivity contribution >= 4 is 16.9 Å². The van der Waals surface area contributed by atoms with Gasteiger partial charge in [-0.15, -0.1) is 0 Å². The number of Topliss-reactive ketones (excluding diaryl/α,β-unsaturated/α-hetero) is 1. The van der Waals surface area contributed by atoms with E-state index in [9.17, 15) is 9.90 Å². The van der Waals surface area contributed by atoms with E-state index in [1.165, 1.54) is 18.6 Å². The molecule has 0 fully saturated rings. The molecule has 0 amide bonds. The van der Waals surface area contributed by atoms with E-state index in [1.54, 1.807) is 19.1 Å². The minimum Gasteiger partial charge on any atom is -0.507 e. The van der Waals surface area contributed by atoms with Gasteiger partial charge in [-0.2, -0.15) is 0 Å². The van der Waals surface area contributed by atoms with E-state index in [4.69, 9.17) is 14.3 Å². The average Bonchev–Trinajstić information content (AvgIpc) is 3.15. The van der Waals surface area contributed by atoms with Crippen molar-refractivity contribution in [1.29, 1.82) is 0 Å². The summed E-state index contributed by atoms with van der Waals surface area (Å²) in [6.07, 6.45) is 0.454. The fourth-order valence-corrected chi connectivity index (χ4v) is 2.33.